The summed E-state index contributed by atoms with van der Waals surface area (Å²) in [5.74, 6) is 0.860. The highest BCUT2D eigenvalue weighted by atomic mass is 16.6. The zero-order valence-electron chi connectivity index (χ0n) is 13.6. The number of piperidine rings is 1. The Bertz CT molecular complexity index is 391. The van der Waals surface area contributed by atoms with E-state index in [9.17, 15) is 9.59 Å². The molecule has 2 fully saturated rings. The van der Waals surface area contributed by atoms with Gasteiger partial charge in [0, 0.05) is 25.0 Å². The van der Waals surface area contributed by atoms with Crippen LogP contribution in [0.15, 0.2) is 0 Å². The van der Waals surface area contributed by atoms with E-state index in [0.29, 0.717) is 25.0 Å². The largest absolute Gasteiger partial charge is 0.444 e. The average molecular weight is 296 g/mol. The second kappa shape index (κ2) is 6.24. The number of rotatable bonds is 3. The summed E-state index contributed by atoms with van der Waals surface area (Å²) < 4.78 is 5.36. The van der Waals surface area contributed by atoms with Gasteiger partial charge in [-0.25, -0.2) is 4.79 Å². The fraction of sp³-hybridized carbons (Fsp3) is 0.875. The van der Waals surface area contributed by atoms with Crippen molar-refractivity contribution in [2.45, 2.75) is 65.0 Å². The zero-order chi connectivity index (χ0) is 15.6. The van der Waals surface area contributed by atoms with Gasteiger partial charge in [0.05, 0.1) is 0 Å². The van der Waals surface area contributed by atoms with Gasteiger partial charge in [0.25, 0.3) is 0 Å². The van der Waals surface area contributed by atoms with Crippen LogP contribution in [0.5, 0.6) is 0 Å². The Hall–Kier alpha value is -1.26. The van der Waals surface area contributed by atoms with Gasteiger partial charge in [0.2, 0.25) is 5.91 Å². The zero-order valence-corrected chi connectivity index (χ0v) is 13.6. The summed E-state index contributed by atoms with van der Waals surface area (Å²) in [6.45, 7) is 8.89. The van der Waals surface area contributed by atoms with E-state index in [0.717, 1.165) is 12.8 Å². The summed E-state index contributed by atoms with van der Waals surface area (Å²) in [5.41, 5.74) is -0.467. The second-order valence-electron chi connectivity index (χ2n) is 7.38. The molecule has 1 saturated heterocycles. The van der Waals surface area contributed by atoms with Crippen molar-refractivity contribution < 1.29 is 14.3 Å². The maximum absolute atomic E-state index is 12.2. The van der Waals surface area contributed by atoms with Crippen LogP contribution in [0.25, 0.3) is 0 Å². The van der Waals surface area contributed by atoms with E-state index in [4.69, 9.17) is 4.74 Å². The molecule has 1 aliphatic heterocycles. The molecule has 5 heteroatoms. The van der Waals surface area contributed by atoms with E-state index in [-0.39, 0.29) is 17.9 Å². The number of carbonyl (C=O) groups excluding carboxylic acids is 2. The molecule has 0 radical (unpaired) electrons. The standard InChI is InChI=1S/C16H28N2O3/c1-11(12-5-6-12)17-14(19)13-7-9-18(10-8-13)15(20)21-16(2,3)4/h11-13H,5-10H2,1-4H3,(H,17,19)/t11-/m0/s1. The van der Waals surface area contributed by atoms with Crippen LogP contribution < -0.4 is 5.32 Å². The molecule has 1 aliphatic carbocycles. The van der Waals surface area contributed by atoms with E-state index in [1.54, 1.807) is 4.90 Å². The molecule has 0 aromatic rings. The first-order valence-corrected chi connectivity index (χ1v) is 8.04. The fourth-order valence-electron chi connectivity index (χ4n) is 2.71. The Morgan fingerprint density at radius 2 is 1.71 bits per heavy atom. The van der Waals surface area contributed by atoms with Crippen LogP contribution in [-0.4, -0.2) is 41.6 Å². The van der Waals surface area contributed by atoms with Crippen LogP contribution >= 0.6 is 0 Å². The Labute approximate surface area is 127 Å². The highest BCUT2D eigenvalue weighted by molar-refractivity contribution is 5.79. The predicted octanol–water partition coefficient (Wildman–Crippen LogP) is 2.55. The molecular formula is C16H28N2O3. The van der Waals surface area contributed by atoms with Gasteiger partial charge in [-0.3, -0.25) is 4.79 Å². The molecule has 2 rings (SSSR count). The van der Waals surface area contributed by atoms with Gasteiger partial charge in [-0.1, -0.05) is 0 Å². The van der Waals surface area contributed by atoms with Gasteiger partial charge in [-0.05, 0) is 59.3 Å². The lowest BCUT2D eigenvalue weighted by molar-refractivity contribution is -0.127. The van der Waals surface area contributed by atoms with Crippen molar-refractivity contribution in [3.05, 3.63) is 0 Å². The average Bonchev–Trinajstić information content (AvgIpc) is 3.21. The fourth-order valence-corrected chi connectivity index (χ4v) is 2.71. The summed E-state index contributed by atoms with van der Waals surface area (Å²) in [6, 6.07) is 0.293. The molecule has 2 aliphatic rings. The van der Waals surface area contributed by atoms with Crippen LogP contribution in [0.3, 0.4) is 0 Å². The van der Waals surface area contributed by atoms with E-state index in [2.05, 4.69) is 12.2 Å². The maximum Gasteiger partial charge on any atom is 0.410 e. The van der Waals surface area contributed by atoms with Crippen LogP contribution in [0.1, 0.15) is 53.4 Å². The van der Waals surface area contributed by atoms with Gasteiger partial charge in [-0.2, -0.15) is 0 Å². The number of ether oxygens (including phenoxy) is 1. The third kappa shape index (κ3) is 4.90. The number of nitrogens with one attached hydrogen (secondary N) is 1. The quantitative estimate of drug-likeness (QED) is 0.870. The lowest BCUT2D eigenvalue weighted by Gasteiger charge is -2.33. The van der Waals surface area contributed by atoms with Gasteiger partial charge in [-0.15, -0.1) is 0 Å². The van der Waals surface area contributed by atoms with Crippen molar-refractivity contribution in [3.8, 4) is 0 Å². The summed E-state index contributed by atoms with van der Waals surface area (Å²) in [6.07, 6.45) is 3.65. The van der Waals surface area contributed by atoms with E-state index in [1.165, 1.54) is 12.8 Å². The molecule has 0 aromatic carbocycles. The molecule has 5 nitrogen and oxygen atoms in total. The van der Waals surface area contributed by atoms with Gasteiger partial charge < -0.3 is 15.0 Å². The number of likely N-dealkylation sites (tertiary alicyclic amines) is 1. The van der Waals surface area contributed by atoms with E-state index < -0.39 is 5.60 Å². The first-order chi connectivity index (χ1) is 9.76. The molecule has 0 aromatic heterocycles. The summed E-state index contributed by atoms with van der Waals surface area (Å²) in [5, 5.41) is 3.12. The minimum atomic E-state index is -0.467. The third-order valence-corrected chi connectivity index (χ3v) is 4.22. The van der Waals surface area contributed by atoms with Crippen LogP contribution in [0, 0.1) is 11.8 Å². The molecule has 0 bridgehead atoms. The van der Waals surface area contributed by atoms with Crippen molar-refractivity contribution in [1.82, 2.24) is 10.2 Å². The van der Waals surface area contributed by atoms with Crippen LogP contribution in [-0.2, 0) is 9.53 Å². The smallest absolute Gasteiger partial charge is 0.410 e. The van der Waals surface area contributed by atoms with E-state index >= 15 is 0 Å². The third-order valence-electron chi connectivity index (χ3n) is 4.22. The van der Waals surface area contributed by atoms with Crippen molar-refractivity contribution in [1.29, 1.82) is 0 Å². The summed E-state index contributed by atoms with van der Waals surface area (Å²) in [7, 11) is 0. The highest BCUT2D eigenvalue weighted by Gasteiger charge is 2.33. The Morgan fingerprint density at radius 3 is 2.19 bits per heavy atom. The number of hydrogen-bond donors (Lipinski definition) is 1. The van der Waals surface area contributed by atoms with Crippen molar-refractivity contribution in [2.24, 2.45) is 11.8 Å². The number of hydrogen-bond acceptors (Lipinski definition) is 3. The molecule has 120 valence electrons. The van der Waals surface area contributed by atoms with Crippen molar-refractivity contribution in [3.63, 3.8) is 0 Å². The second-order valence-corrected chi connectivity index (χ2v) is 7.38. The molecule has 2 amide bonds. The molecule has 1 saturated carbocycles. The molecular weight excluding hydrogens is 268 g/mol. The molecule has 21 heavy (non-hydrogen) atoms. The SMILES string of the molecule is C[C@H](NC(=O)C1CCN(C(=O)OC(C)(C)C)CC1)C1CC1. The molecule has 0 unspecified atom stereocenters. The number of amides is 2. The van der Waals surface area contributed by atoms with Crippen molar-refractivity contribution in [2.75, 3.05) is 13.1 Å². The molecule has 0 spiro atoms. The molecule has 1 atom stereocenters. The monoisotopic (exact) mass is 296 g/mol. The maximum atomic E-state index is 12.2. The summed E-state index contributed by atoms with van der Waals surface area (Å²) in [4.78, 5) is 25.9. The number of carbonyl (C=O) groups is 2. The van der Waals surface area contributed by atoms with Gasteiger partial charge in [0.15, 0.2) is 0 Å². The van der Waals surface area contributed by atoms with Crippen LogP contribution in [0.2, 0.25) is 0 Å². The first kappa shape index (κ1) is 16.1. The van der Waals surface area contributed by atoms with Gasteiger partial charge in [0.1, 0.15) is 5.60 Å². The normalized spacial score (nSPS) is 21.8. The predicted molar refractivity (Wildman–Crippen MR) is 80.9 cm³/mol. The molecule has 1 heterocycles. The Morgan fingerprint density at radius 1 is 1.14 bits per heavy atom. The minimum Gasteiger partial charge on any atom is -0.444 e. The lowest BCUT2D eigenvalue weighted by atomic mass is 9.95. The van der Waals surface area contributed by atoms with Crippen LogP contribution in [0.4, 0.5) is 4.79 Å². The number of nitrogens with zero attached hydrogens (tertiary/aromatic N) is 1. The Kier molecular flexibility index (Phi) is 4.79. The lowest BCUT2D eigenvalue weighted by Crippen LogP contribution is -2.46. The minimum absolute atomic E-state index is 0.0323. The topological polar surface area (TPSA) is 58.6 Å². The molecule has 1 N–H and O–H groups in total. The highest BCUT2D eigenvalue weighted by Crippen LogP contribution is 2.32. The summed E-state index contributed by atoms with van der Waals surface area (Å²) >= 11 is 0. The van der Waals surface area contributed by atoms with Gasteiger partial charge >= 0.3 is 6.09 Å². The Balaban J connectivity index is 1.74. The van der Waals surface area contributed by atoms with E-state index in [1.807, 2.05) is 20.8 Å². The van der Waals surface area contributed by atoms with Crippen molar-refractivity contribution >= 4 is 12.0 Å². The first-order valence-electron chi connectivity index (χ1n) is 8.04.